The number of halogens is 1. The van der Waals surface area contributed by atoms with E-state index >= 15 is 0 Å². The van der Waals surface area contributed by atoms with Crippen molar-refractivity contribution in [1.82, 2.24) is 0 Å². The van der Waals surface area contributed by atoms with Crippen LogP contribution in [0.5, 0.6) is 11.5 Å². The summed E-state index contributed by atoms with van der Waals surface area (Å²) in [6.07, 6.45) is 4.32. The molecule has 0 bridgehead atoms. The molecule has 2 aliphatic rings. The molecule has 0 amide bonds. The Morgan fingerprint density at radius 2 is 1.28 bits per heavy atom. The minimum absolute atomic E-state index is 0.376. The maximum Gasteiger partial charge on any atom is 0.342 e. The number of carbonyl (C=O) groups excluding carboxylic acids is 1. The van der Waals surface area contributed by atoms with Crippen molar-refractivity contribution in [3.8, 4) is 22.6 Å². The Bertz CT molecular complexity index is 1870. The summed E-state index contributed by atoms with van der Waals surface area (Å²) in [7, 11) is 0. The smallest absolute Gasteiger partial charge is 0.342 e. The fourth-order valence-electron chi connectivity index (χ4n) is 6.73. The van der Waals surface area contributed by atoms with E-state index in [4.69, 9.17) is 21.1 Å². The molecule has 0 aromatic heterocycles. The molecule has 5 nitrogen and oxygen atoms in total. The molecule has 7 rings (SSSR count). The lowest BCUT2D eigenvalue weighted by molar-refractivity contribution is 0.0225. The van der Waals surface area contributed by atoms with Crippen LogP contribution in [0.4, 0.5) is 17.1 Å². The summed E-state index contributed by atoms with van der Waals surface area (Å²) in [5, 5.41) is 4.35. The number of carbonyl (C=O) groups is 1. The van der Waals surface area contributed by atoms with E-state index in [0.29, 0.717) is 27.8 Å². The number of rotatable bonds is 10. The van der Waals surface area contributed by atoms with Crippen LogP contribution in [0, 0.1) is 0 Å². The Balaban J connectivity index is 1.48. The highest BCUT2D eigenvalue weighted by atomic mass is 35.5. The molecule has 1 spiro atoms. The van der Waals surface area contributed by atoms with Gasteiger partial charge < -0.3 is 19.7 Å². The zero-order valence-corrected chi connectivity index (χ0v) is 26.9. The average Bonchev–Trinajstić information content (AvgIpc) is 3.38. The Morgan fingerprint density at radius 1 is 0.696 bits per heavy atom. The van der Waals surface area contributed by atoms with Crippen molar-refractivity contribution in [2.24, 2.45) is 0 Å². The van der Waals surface area contributed by atoms with E-state index in [0.717, 1.165) is 78.0 Å². The number of nitrogens with zero attached hydrogens (tertiary/aromatic N) is 1. The summed E-state index contributed by atoms with van der Waals surface area (Å²) < 4.78 is 13.0. The number of fused-ring (bicyclic) bond motifs is 6. The Kier molecular flexibility index (Phi) is 8.18. The van der Waals surface area contributed by atoms with Gasteiger partial charge in [-0.1, -0.05) is 111 Å². The van der Waals surface area contributed by atoms with Crippen LogP contribution in [0.2, 0.25) is 5.02 Å². The number of hydrogen-bond donors (Lipinski definition) is 1. The molecular weight excluding hydrogens is 592 g/mol. The third-order valence-corrected chi connectivity index (χ3v) is 9.32. The molecule has 2 heterocycles. The van der Waals surface area contributed by atoms with Crippen molar-refractivity contribution in [3.63, 3.8) is 0 Å². The van der Waals surface area contributed by atoms with Gasteiger partial charge in [0.05, 0.1) is 11.3 Å². The molecule has 232 valence electrons. The average molecular weight is 629 g/mol. The van der Waals surface area contributed by atoms with Crippen LogP contribution >= 0.6 is 11.6 Å². The molecule has 0 fully saturated rings. The van der Waals surface area contributed by atoms with Crippen LogP contribution in [-0.2, 0) is 10.3 Å². The number of ether oxygens (including phenoxy) is 2. The predicted octanol–water partition coefficient (Wildman–Crippen LogP) is 10.7. The summed E-state index contributed by atoms with van der Waals surface area (Å²) in [6.45, 7) is 6.28. The van der Waals surface area contributed by atoms with Crippen LogP contribution in [0.1, 0.15) is 66.6 Å². The lowest BCUT2D eigenvalue weighted by atomic mass is 9.77. The summed E-state index contributed by atoms with van der Waals surface area (Å²) in [5.74, 6) is 0.985. The van der Waals surface area contributed by atoms with Crippen molar-refractivity contribution in [1.29, 1.82) is 0 Å². The maximum absolute atomic E-state index is 14.3. The molecule has 0 radical (unpaired) electrons. The molecule has 0 aliphatic carbocycles. The second-order valence-corrected chi connectivity index (χ2v) is 12.3. The lowest BCUT2D eigenvalue weighted by Gasteiger charge is -2.37. The zero-order valence-electron chi connectivity index (χ0n) is 26.2. The molecule has 5 aromatic rings. The number of esters is 1. The summed E-state index contributed by atoms with van der Waals surface area (Å²) >= 11 is 6.69. The number of anilines is 3. The maximum atomic E-state index is 14.3. The monoisotopic (exact) mass is 628 g/mol. The highest BCUT2D eigenvalue weighted by Gasteiger charge is 2.54. The van der Waals surface area contributed by atoms with Gasteiger partial charge in [-0.25, -0.2) is 4.79 Å². The number of para-hydroxylation sites is 3. The van der Waals surface area contributed by atoms with E-state index in [1.54, 1.807) is 0 Å². The molecule has 2 aliphatic heterocycles. The van der Waals surface area contributed by atoms with E-state index in [9.17, 15) is 4.79 Å². The number of nitrogens with one attached hydrogen (secondary N) is 1. The molecule has 5 aromatic carbocycles. The molecule has 0 unspecified atom stereocenters. The lowest BCUT2D eigenvalue weighted by Crippen LogP contribution is -2.33. The normalized spacial score (nSPS) is 13.8. The van der Waals surface area contributed by atoms with Gasteiger partial charge in [0.25, 0.3) is 0 Å². The Hall–Kier alpha value is -4.74. The molecule has 1 N–H and O–H groups in total. The Morgan fingerprint density at radius 3 is 1.93 bits per heavy atom. The third kappa shape index (κ3) is 5.09. The molecule has 0 atom stereocenters. The van der Waals surface area contributed by atoms with E-state index in [2.05, 4.69) is 36.2 Å². The minimum atomic E-state index is -1.16. The van der Waals surface area contributed by atoms with E-state index in [1.807, 2.05) is 97.1 Å². The van der Waals surface area contributed by atoms with Gasteiger partial charge in [-0.3, -0.25) is 0 Å². The standard InChI is InChI=1S/C40H37ClN2O3/c1-3-5-23-43(24-6-4-2)27-25-32-38(35(26-27)42-34-20-12-8-16-29(34)28-15-7-11-19-33(28)41)39(44)46-40(32)30-17-9-13-21-36(30)45-37-22-14-10-18-31(37)40/h7-22,25-26,42H,3-6,23-24H2,1-2H3. The minimum Gasteiger partial charge on any atom is -0.456 e. The fourth-order valence-corrected chi connectivity index (χ4v) is 6.96. The van der Waals surface area contributed by atoms with Gasteiger partial charge in [-0.15, -0.1) is 0 Å². The number of benzene rings is 5. The highest BCUT2D eigenvalue weighted by Crippen LogP contribution is 2.57. The van der Waals surface area contributed by atoms with Gasteiger partial charge >= 0.3 is 5.97 Å². The van der Waals surface area contributed by atoms with Crippen LogP contribution in [0.25, 0.3) is 11.1 Å². The van der Waals surface area contributed by atoms with E-state index < -0.39 is 5.60 Å². The first-order valence-corrected chi connectivity index (χ1v) is 16.6. The summed E-state index contributed by atoms with van der Waals surface area (Å²) in [6, 6.07) is 35.9. The van der Waals surface area contributed by atoms with Crippen molar-refractivity contribution in [3.05, 3.63) is 136 Å². The van der Waals surface area contributed by atoms with Crippen LogP contribution in [-0.4, -0.2) is 19.1 Å². The second-order valence-electron chi connectivity index (χ2n) is 11.9. The first-order valence-electron chi connectivity index (χ1n) is 16.2. The largest absolute Gasteiger partial charge is 0.456 e. The van der Waals surface area contributed by atoms with Crippen LogP contribution in [0.15, 0.2) is 109 Å². The first-order chi connectivity index (χ1) is 22.5. The highest BCUT2D eigenvalue weighted by molar-refractivity contribution is 6.33. The van der Waals surface area contributed by atoms with Crippen LogP contribution < -0.4 is 15.0 Å². The first kappa shape index (κ1) is 29.9. The topological polar surface area (TPSA) is 50.8 Å². The molecule has 0 saturated carbocycles. The van der Waals surface area contributed by atoms with Gasteiger partial charge in [0.15, 0.2) is 5.60 Å². The predicted molar refractivity (Wildman–Crippen MR) is 187 cm³/mol. The summed E-state index contributed by atoms with van der Waals surface area (Å²) in [5.41, 5.74) is 6.28. The van der Waals surface area contributed by atoms with E-state index in [1.165, 1.54) is 0 Å². The van der Waals surface area contributed by atoms with Gasteiger partial charge in [0.2, 0.25) is 0 Å². The van der Waals surface area contributed by atoms with Gasteiger partial charge in [-0.05, 0) is 49.2 Å². The third-order valence-electron chi connectivity index (χ3n) is 8.99. The van der Waals surface area contributed by atoms with Crippen LogP contribution in [0.3, 0.4) is 0 Å². The van der Waals surface area contributed by atoms with Crippen molar-refractivity contribution >= 4 is 34.6 Å². The Labute approximate surface area is 275 Å². The van der Waals surface area contributed by atoms with Gasteiger partial charge in [-0.2, -0.15) is 0 Å². The zero-order chi connectivity index (χ0) is 31.7. The number of hydrogen-bond acceptors (Lipinski definition) is 5. The van der Waals surface area contributed by atoms with Crippen molar-refractivity contribution < 1.29 is 14.3 Å². The van der Waals surface area contributed by atoms with Crippen molar-refractivity contribution in [2.75, 3.05) is 23.3 Å². The van der Waals surface area contributed by atoms with Gasteiger partial charge in [0, 0.05) is 57.3 Å². The van der Waals surface area contributed by atoms with Gasteiger partial charge in [0.1, 0.15) is 11.5 Å². The molecule has 6 heteroatoms. The molecule has 46 heavy (non-hydrogen) atoms. The second kappa shape index (κ2) is 12.6. The molecular formula is C40H37ClN2O3. The summed E-state index contributed by atoms with van der Waals surface area (Å²) in [4.78, 5) is 16.7. The van der Waals surface area contributed by atoms with Crippen molar-refractivity contribution in [2.45, 2.75) is 45.1 Å². The quantitative estimate of drug-likeness (QED) is 0.156. The fraction of sp³-hybridized carbons (Fsp3) is 0.225. The SMILES string of the molecule is CCCCN(CCCC)c1cc(Nc2ccccc2-c2ccccc2Cl)c2c(c1)C1(OC2=O)c2ccccc2Oc2ccccc21. The number of unbranched alkanes of at least 4 members (excludes halogenated alkanes) is 2. The molecule has 0 saturated heterocycles. The van der Waals surface area contributed by atoms with E-state index in [-0.39, 0.29) is 5.97 Å².